The minimum atomic E-state index is -1.37. The third-order valence-corrected chi connectivity index (χ3v) is 6.95. The minimum absolute atomic E-state index is 0.0967. The first-order chi connectivity index (χ1) is 15.9. The Labute approximate surface area is 192 Å². The number of anilines is 1. The van der Waals surface area contributed by atoms with Gasteiger partial charge in [0.25, 0.3) is 0 Å². The van der Waals surface area contributed by atoms with Gasteiger partial charge in [-0.3, -0.25) is 10.7 Å². The Balaban J connectivity index is 1.81. The summed E-state index contributed by atoms with van der Waals surface area (Å²) in [5.41, 5.74) is 0.875. The lowest BCUT2D eigenvalue weighted by Gasteiger charge is -2.32. The van der Waals surface area contributed by atoms with Crippen molar-refractivity contribution in [3.8, 4) is 0 Å². The number of amides is 1. The van der Waals surface area contributed by atoms with Crippen LogP contribution in [0.1, 0.15) is 76.0 Å². The van der Waals surface area contributed by atoms with Gasteiger partial charge >= 0.3 is 6.09 Å². The van der Waals surface area contributed by atoms with Crippen molar-refractivity contribution >= 4 is 28.9 Å². The van der Waals surface area contributed by atoms with Crippen molar-refractivity contribution in [2.75, 3.05) is 11.9 Å². The predicted octanol–water partition coefficient (Wildman–Crippen LogP) is 2.63. The first kappa shape index (κ1) is 23.4. The molecule has 2 aliphatic carbocycles. The SMILES string of the molecule is C[C@@H](Nc1nc(C(=N)NC(=O)O)nc2nc(C(O)CO)n(CC3CCCCC3)c12)C1CCC1. The summed E-state index contributed by atoms with van der Waals surface area (Å²) in [5, 5.41) is 42.7. The molecular formula is C22H33N7O4. The second kappa shape index (κ2) is 10.0. The monoisotopic (exact) mass is 459 g/mol. The van der Waals surface area contributed by atoms with Crippen molar-refractivity contribution in [1.29, 1.82) is 5.41 Å². The Morgan fingerprint density at radius 1 is 1.15 bits per heavy atom. The molecule has 0 saturated heterocycles. The van der Waals surface area contributed by atoms with Gasteiger partial charge in [0, 0.05) is 12.6 Å². The number of nitrogens with zero attached hydrogens (tertiary/aromatic N) is 4. The van der Waals surface area contributed by atoms with E-state index in [0.29, 0.717) is 35.5 Å². The van der Waals surface area contributed by atoms with Crippen LogP contribution < -0.4 is 10.6 Å². The lowest BCUT2D eigenvalue weighted by Crippen LogP contribution is -2.33. The number of nitrogens with one attached hydrogen (secondary N) is 3. The Morgan fingerprint density at radius 3 is 2.48 bits per heavy atom. The molecule has 0 aliphatic heterocycles. The summed E-state index contributed by atoms with van der Waals surface area (Å²) in [5.74, 6) is 1.15. The second-order valence-electron chi connectivity index (χ2n) is 9.28. The van der Waals surface area contributed by atoms with Crippen LogP contribution >= 0.6 is 0 Å². The first-order valence-electron chi connectivity index (χ1n) is 11.8. The molecule has 2 aromatic rings. The number of rotatable bonds is 8. The molecular weight excluding hydrogens is 426 g/mol. The number of aliphatic hydroxyl groups is 2. The largest absolute Gasteiger partial charge is 0.465 e. The number of carbonyl (C=O) groups is 1. The molecule has 2 aliphatic rings. The van der Waals surface area contributed by atoms with E-state index in [1.54, 1.807) is 0 Å². The van der Waals surface area contributed by atoms with Crippen molar-refractivity contribution in [2.45, 2.75) is 77.0 Å². The lowest BCUT2D eigenvalue weighted by molar-refractivity contribution is 0.0848. The van der Waals surface area contributed by atoms with E-state index in [1.807, 2.05) is 9.88 Å². The third-order valence-electron chi connectivity index (χ3n) is 6.95. The van der Waals surface area contributed by atoms with Crippen LogP contribution in [0.15, 0.2) is 0 Å². The molecule has 2 heterocycles. The maximum atomic E-state index is 11.0. The van der Waals surface area contributed by atoms with Gasteiger partial charge < -0.3 is 25.2 Å². The van der Waals surface area contributed by atoms with Crippen LogP contribution in [0.2, 0.25) is 0 Å². The summed E-state index contributed by atoms with van der Waals surface area (Å²) in [6, 6.07) is 0.121. The van der Waals surface area contributed by atoms with Crippen molar-refractivity contribution in [3.05, 3.63) is 11.6 Å². The molecule has 0 radical (unpaired) electrons. The van der Waals surface area contributed by atoms with Gasteiger partial charge in [0.2, 0.25) is 0 Å². The van der Waals surface area contributed by atoms with E-state index < -0.39 is 24.6 Å². The number of aliphatic hydroxyl groups excluding tert-OH is 2. The number of aromatic nitrogens is 4. The molecule has 2 atom stereocenters. The van der Waals surface area contributed by atoms with Crippen molar-refractivity contribution in [3.63, 3.8) is 0 Å². The number of fused-ring (bicyclic) bond motifs is 1. The lowest BCUT2D eigenvalue weighted by atomic mass is 9.80. The summed E-state index contributed by atoms with van der Waals surface area (Å²) in [6.07, 6.45) is 6.62. The van der Waals surface area contributed by atoms with Crippen LogP contribution in [0, 0.1) is 17.2 Å². The molecule has 11 nitrogen and oxygen atoms in total. The van der Waals surface area contributed by atoms with Crippen molar-refractivity contribution in [2.24, 2.45) is 11.8 Å². The van der Waals surface area contributed by atoms with Gasteiger partial charge in [-0.2, -0.15) is 0 Å². The van der Waals surface area contributed by atoms with Gasteiger partial charge in [-0.05, 0) is 44.4 Å². The number of hydrogen-bond acceptors (Lipinski definition) is 8. The fraction of sp³-hybridized carbons (Fsp3) is 0.682. The van der Waals surface area contributed by atoms with Crippen LogP contribution in [0.3, 0.4) is 0 Å². The van der Waals surface area contributed by atoms with E-state index in [2.05, 4.69) is 27.2 Å². The molecule has 0 bridgehead atoms. The minimum Gasteiger partial charge on any atom is -0.465 e. The van der Waals surface area contributed by atoms with Gasteiger partial charge in [-0.25, -0.2) is 19.7 Å². The molecule has 180 valence electrons. The zero-order valence-corrected chi connectivity index (χ0v) is 18.9. The highest BCUT2D eigenvalue weighted by Crippen LogP contribution is 2.34. The van der Waals surface area contributed by atoms with Crippen LogP contribution in [0.5, 0.6) is 0 Å². The number of hydrogen-bond donors (Lipinski definition) is 6. The fourth-order valence-electron chi connectivity index (χ4n) is 4.85. The second-order valence-corrected chi connectivity index (χ2v) is 9.28. The molecule has 1 amide bonds. The quantitative estimate of drug-likeness (QED) is 0.258. The molecule has 2 fully saturated rings. The summed E-state index contributed by atoms with van der Waals surface area (Å²) in [4.78, 5) is 24.4. The van der Waals surface area contributed by atoms with E-state index in [4.69, 9.17) is 10.5 Å². The van der Waals surface area contributed by atoms with E-state index in [1.165, 1.54) is 12.8 Å². The molecule has 1 unspecified atom stereocenters. The zero-order chi connectivity index (χ0) is 23.5. The number of amidine groups is 1. The topological polar surface area (TPSA) is 169 Å². The third kappa shape index (κ3) is 5.09. The van der Waals surface area contributed by atoms with Gasteiger partial charge in [-0.1, -0.05) is 25.7 Å². The van der Waals surface area contributed by atoms with Gasteiger partial charge in [0.05, 0.1) is 6.61 Å². The van der Waals surface area contributed by atoms with Crippen molar-refractivity contribution in [1.82, 2.24) is 24.8 Å². The van der Waals surface area contributed by atoms with E-state index in [0.717, 1.165) is 38.5 Å². The maximum Gasteiger partial charge on any atom is 0.410 e. The molecule has 33 heavy (non-hydrogen) atoms. The number of imidazole rings is 1. The smallest absolute Gasteiger partial charge is 0.410 e. The van der Waals surface area contributed by atoms with Gasteiger partial charge in [0.1, 0.15) is 17.4 Å². The average molecular weight is 460 g/mol. The highest BCUT2D eigenvalue weighted by molar-refractivity contribution is 6.03. The standard InChI is InChI=1S/C22H33N7O4/c1-12(14-8-5-9-14)24-18-16-19(27-20(26-18)17(23)25-22(32)33)28-21(15(31)11-30)29(16)10-13-6-3-2-4-7-13/h12-15,30-31H,2-11H2,1H3,(H2,23,25)(H,32,33)(H,24,26,27)/t12-,15?/m1/s1. The summed E-state index contributed by atoms with van der Waals surface area (Å²) >= 11 is 0. The summed E-state index contributed by atoms with van der Waals surface area (Å²) < 4.78 is 1.90. The molecule has 4 rings (SSSR count). The molecule has 11 heteroatoms. The molecule has 6 N–H and O–H groups in total. The van der Waals surface area contributed by atoms with Crippen LogP contribution in [0.4, 0.5) is 10.6 Å². The number of carboxylic acid groups (broad SMARTS) is 1. The molecule has 0 spiro atoms. The molecule has 0 aromatic carbocycles. The molecule has 2 aromatic heterocycles. The highest BCUT2D eigenvalue weighted by atomic mass is 16.4. The normalized spacial score (nSPS) is 19.1. The maximum absolute atomic E-state index is 11.0. The van der Waals surface area contributed by atoms with Crippen molar-refractivity contribution < 1.29 is 20.1 Å². The van der Waals surface area contributed by atoms with Gasteiger partial charge in [0.15, 0.2) is 23.1 Å². The first-order valence-corrected chi connectivity index (χ1v) is 11.8. The van der Waals surface area contributed by atoms with E-state index >= 15 is 0 Å². The average Bonchev–Trinajstić information content (AvgIpc) is 3.10. The molecule has 2 saturated carbocycles. The van der Waals surface area contributed by atoms with Crippen LogP contribution in [0.25, 0.3) is 11.2 Å². The fourth-order valence-corrected chi connectivity index (χ4v) is 4.85. The van der Waals surface area contributed by atoms with Gasteiger partial charge in [-0.15, -0.1) is 0 Å². The Kier molecular flexibility index (Phi) is 7.08. The Bertz CT molecular complexity index is 1010. The van der Waals surface area contributed by atoms with E-state index in [-0.39, 0.29) is 17.5 Å². The highest BCUT2D eigenvalue weighted by Gasteiger charge is 2.29. The Hall–Kier alpha value is -2.79. The summed E-state index contributed by atoms with van der Waals surface area (Å²) in [6.45, 7) is 2.23. The van der Waals surface area contributed by atoms with E-state index in [9.17, 15) is 15.0 Å². The predicted molar refractivity (Wildman–Crippen MR) is 122 cm³/mol. The zero-order valence-electron chi connectivity index (χ0n) is 18.9. The Morgan fingerprint density at radius 2 is 1.88 bits per heavy atom. The van der Waals surface area contributed by atoms with Crippen LogP contribution in [-0.4, -0.2) is 59.4 Å². The summed E-state index contributed by atoms with van der Waals surface area (Å²) in [7, 11) is 0. The van der Waals surface area contributed by atoms with Crippen LogP contribution in [-0.2, 0) is 6.54 Å².